The molecule has 76 valence electrons. The Kier molecular flexibility index (Phi) is 2.27. The van der Waals surface area contributed by atoms with E-state index in [4.69, 9.17) is 5.11 Å². The molecule has 4 nitrogen and oxygen atoms in total. The maximum absolute atomic E-state index is 10.8. The van der Waals surface area contributed by atoms with Gasteiger partial charge in [-0.2, -0.15) is 5.10 Å². The van der Waals surface area contributed by atoms with Gasteiger partial charge in [0.2, 0.25) is 0 Å². The third-order valence-electron chi connectivity index (χ3n) is 2.95. The van der Waals surface area contributed by atoms with Crippen LogP contribution in [-0.4, -0.2) is 20.9 Å². The summed E-state index contributed by atoms with van der Waals surface area (Å²) < 4.78 is 1.87. The highest BCUT2D eigenvalue weighted by Gasteiger charge is 2.21. The van der Waals surface area contributed by atoms with Crippen molar-refractivity contribution in [3.05, 3.63) is 17.5 Å². The highest BCUT2D eigenvalue weighted by Crippen LogP contribution is 2.30. The van der Waals surface area contributed by atoms with Crippen molar-refractivity contribution in [2.24, 2.45) is 0 Å². The van der Waals surface area contributed by atoms with Gasteiger partial charge in [0, 0.05) is 0 Å². The van der Waals surface area contributed by atoms with Crippen LogP contribution < -0.4 is 0 Å². The quantitative estimate of drug-likeness (QED) is 0.783. The van der Waals surface area contributed by atoms with E-state index in [1.54, 1.807) is 0 Å². The van der Waals surface area contributed by atoms with E-state index in [1.165, 1.54) is 19.0 Å². The molecular weight excluding hydrogens is 180 g/mol. The molecule has 1 heterocycles. The third kappa shape index (κ3) is 1.41. The van der Waals surface area contributed by atoms with Gasteiger partial charge in [-0.15, -0.1) is 0 Å². The van der Waals surface area contributed by atoms with Crippen LogP contribution in [0.2, 0.25) is 0 Å². The fraction of sp³-hybridized carbons (Fsp3) is 0.600. The number of aromatic carboxylic acids is 1. The van der Waals surface area contributed by atoms with E-state index in [0.717, 1.165) is 18.5 Å². The summed E-state index contributed by atoms with van der Waals surface area (Å²) in [7, 11) is 0. The van der Waals surface area contributed by atoms with Crippen LogP contribution in [0.15, 0.2) is 6.20 Å². The zero-order chi connectivity index (χ0) is 10.1. The van der Waals surface area contributed by atoms with Gasteiger partial charge in [0.25, 0.3) is 0 Å². The van der Waals surface area contributed by atoms with Crippen molar-refractivity contribution in [2.45, 2.75) is 38.6 Å². The molecule has 2 rings (SSSR count). The number of hydrogen-bond acceptors (Lipinski definition) is 2. The SMILES string of the molecule is Cc1c(C(=O)O)cnn1C1CCCC1. The molecule has 1 aliphatic carbocycles. The Morgan fingerprint density at radius 2 is 2.21 bits per heavy atom. The van der Waals surface area contributed by atoms with Crippen molar-refractivity contribution in [3.63, 3.8) is 0 Å². The Labute approximate surface area is 82.5 Å². The fourth-order valence-electron chi connectivity index (χ4n) is 2.15. The number of rotatable bonds is 2. The molecule has 0 unspecified atom stereocenters. The molecule has 0 aromatic carbocycles. The zero-order valence-corrected chi connectivity index (χ0v) is 8.23. The Bertz CT molecular complexity index is 351. The molecule has 1 saturated carbocycles. The van der Waals surface area contributed by atoms with Crippen LogP contribution in [0.3, 0.4) is 0 Å². The summed E-state index contributed by atoms with van der Waals surface area (Å²) in [5, 5.41) is 13.0. The second-order valence-electron chi connectivity index (χ2n) is 3.83. The van der Waals surface area contributed by atoms with E-state index < -0.39 is 5.97 Å². The summed E-state index contributed by atoms with van der Waals surface area (Å²) in [6, 6.07) is 0.420. The summed E-state index contributed by atoms with van der Waals surface area (Å²) in [5.41, 5.74) is 1.11. The maximum atomic E-state index is 10.8. The predicted octanol–water partition coefficient (Wildman–Crippen LogP) is 2.00. The van der Waals surface area contributed by atoms with Gasteiger partial charge in [0.15, 0.2) is 0 Å². The molecule has 0 bridgehead atoms. The number of aromatic nitrogens is 2. The lowest BCUT2D eigenvalue weighted by molar-refractivity contribution is 0.0696. The third-order valence-corrected chi connectivity index (χ3v) is 2.95. The molecule has 0 amide bonds. The Hall–Kier alpha value is -1.32. The lowest BCUT2D eigenvalue weighted by Crippen LogP contribution is -2.09. The minimum Gasteiger partial charge on any atom is -0.478 e. The van der Waals surface area contributed by atoms with Gasteiger partial charge in [0.1, 0.15) is 5.56 Å². The molecule has 0 spiro atoms. The van der Waals surface area contributed by atoms with E-state index in [0.29, 0.717) is 11.6 Å². The Morgan fingerprint density at radius 3 is 2.71 bits per heavy atom. The first-order chi connectivity index (χ1) is 6.70. The van der Waals surface area contributed by atoms with Crippen LogP contribution in [-0.2, 0) is 0 Å². The van der Waals surface area contributed by atoms with Crippen LogP contribution in [0.1, 0.15) is 47.8 Å². The van der Waals surface area contributed by atoms with Gasteiger partial charge in [-0.1, -0.05) is 12.8 Å². The van der Waals surface area contributed by atoms with Crippen LogP contribution in [0.25, 0.3) is 0 Å². The summed E-state index contributed by atoms with van der Waals surface area (Å²) in [6.45, 7) is 1.83. The molecule has 14 heavy (non-hydrogen) atoms. The first-order valence-electron chi connectivity index (χ1n) is 4.97. The highest BCUT2D eigenvalue weighted by atomic mass is 16.4. The van der Waals surface area contributed by atoms with Crippen LogP contribution >= 0.6 is 0 Å². The number of nitrogens with zero attached hydrogens (tertiary/aromatic N) is 2. The Morgan fingerprint density at radius 1 is 1.57 bits per heavy atom. The van der Waals surface area contributed by atoms with Gasteiger partial charge in [0.05, 0.1) is 17.9 Å². The molecule has 1 fully saturated rings. The maximum Gasteiger partial charge on any atom is 0.339 e. The van der Waals surface area contributed by atoms with E-state index >= 15 is 0 Å². The standard InChI is InChI=1S/C10H14N2O2/c1-7-9(10(13)14)6-11-12(7)8-4-2-3-5-8/h6,8H,2-5H2,1H3,(H,13,14). The first kappa shape index (κ1) is 9.24. The summed E-state index contributed by atoms with van der Waals surface area (Å²) in [4.78, 5) is 10.8. The second kappa shape index (κ2) is 3.44. The number of hydrogen-bond donors (Lipinski definition) is 1. The van der Waals surface area contributed by atoms with Crippen molar-refractivity contribution in [2.75, 3.05) is 0 Å². The normalized spacial score (nSPS) is 17.5. The molecule has 4 heteroatoms. The minimum atomic E-state index is -0.883. The highest BCUT2D eigenvalue weighted by molar-refractivity contribution is 5.88. The van der Waals surface area contributed by atoms with Gasteiger partial charge in [-0.05, 0) is 19.8 Å². The molecule has 0 aliphatic heterocycles. The lowest BCUT2D eigenvalue weighted by Gasteiger charge is -2.11. The Balaban J connectivity index is 2.30. The average Bonchev–Trinajstić information content (AvgIpc) is 2.71. The molecular formula is C10H14N2O2. The lowest BCUT2D eigenvalue weighted by atomic mass is 10.2. The summed E-state index contributed by atoms with van der Waals surface area (Å²) in [6.07, 6.45) is 6.16. The van der Waals surface area contributed by atoms with Gasteiger partial charge >= 0.3 is 5.97 Å². The molecule has 0 atom stereocenters. The monoisotopic (exact) mass is 194 g/mol. The molecule has 1 N–H and O–H groups in total. The van der Waals surface area contributed by atoms with Crippen LogP contribution in [0.4, 0.5) is 0 Å². The van der Waals surface area contributed by atoms with E-state index in [2.05, 4.69) is 5.10 Å². The largest absolute Gasteiger partial charge is 0.478 e. The smallest absolute Gasteiger partial charge is 0.339 e. The van der Waals surface area contributed by atoms with Gasteiger partial charge < -0.3 is 5.11 Å². The minimum absolute atomic E-state index is 0.330. The zero-order valence-electron chi connectivity index (χ0n) is 8.23. The molecule has 1 aromatic heterocycles. The topological polar surface area (TPSA) is 55.1 Å². The first-order valence-corrected chi connectivity index (χ1v) is 4.97. The molecule has 0 radical (unpaired) electrons. The van der Waals surface area contributed by atoms with E-state index in [1.807, 2.05) is 11.6 Å². The molecule has 0 saturated heterocycles. The van der Waals surface area contributed by atoms with Crippen molar-refractivity contribution in [3.8, 4) is 0 Å². The van der Waals surface area contributed by atoms with E-state index in [9.17, 15) is 4.79 Å². The van der Waals surface area contributed by atoms with Crippen molar-refractivity contribution in [1.82, 2.24) is 9.78 Å². The summed E-state index contributed by atoms with van der Waals surface area (Å²) in [5.74, 6) is -0.883. The second-order valence-corrected chi connectivity index (χ2v) is 3.83. The van der Waals surface area contributed by atoms with Crippen molar-refractivity contribution in [1.29, 1.82) is 0 Å². The summed E-state index contributed by atoms with van der Waals surface area (Å²) >= 11 is 0. The van der Waals surface area contributed by atoms with Crippen LogP contribution in [0, 0.1) is 6.92 Å². The van der Waals surface area contributed by atoms with Crippen LogP contribution in [0.5, 0.6) is 0 Å². The number of carboxylic acid groups (broad SMARTS) is 1. The molecule has 1 aliphatic rings. The van der Waals surface area contributed by atoms with Crippen molar-refractivity contribution >= 4 is 5.97 Å². The predicted molar refractivity (Wildman–Crippen MR) is 51.4 cm³/mol. The molecule has 1 aromatic rings. The average molecular weight is 194 g/mol. The van der Waals surface area contributed by atoms with Crippen molar-refractivity contribution < 1.29 is 9.90 Å². The van der Waals surface area contributed by atoms with Gasteiger partial charge in [-0.25, -0.2) is 4.79 Å². The van der Waals surface area contributed by atoms with Gasteiger partial charge in [-0.3, -0.25) is 4.68 Å². The number of carbonyl (C=O) groups is 1. The fourth-order valence-corrected chi connectivity index (χ4v) is 2.15. The number of carboxylic acids is 1. The van der Waals surface area contributed by atoms with E-state index in [-0.39, 0.29) is 0 Å².